The Morgan fingerprint density at radius 2 is 1.52 bits per heavy atom. The highest BCUT2D eigenvalue weighted by molar-refractivity contribution is 6.96. The Balaban J connectivity index is 1.78. The molecule has 0 amide bonds. The zero-order valence-corrected chi connectivity index (χ0v) is 16.1. The van der Waals surface area contributed by atoms with Crippen LogP contribution in [0.15, 0.2) is 54.6 Å². The topological polar surface area (TPSA) is 20.2 Å². The number of quaternary nitrogens is 1. The summed E-state index contributed by atoms with van der Waals surface area (Å²) in [7, 11) is -0.471. The van der Waals surface area contributed by atoms with Crippen LogP contribution in [0.25, 0.3) is 0 Å². The van der Waals surface area contributed by atoms with Gasteiger partial charge in [0.15, 0.2) is 0 Å². The van der Waals surface area contributed by atoms with Crippen LogP contribution in [0.2, 0.25) is 6.04 Å². The zero-order chi connectivity index (χ0) is 17.8. The molecular weight excluding hydrogens is 329 g/mol. The predicted octanol–water partition coefficient (Wildman–Crippen LogP) is 2.90. The van der Waals surface area contributed by atoms with Gasteiger partial charge in [-0.1, -0.05) is 42.5 Å². The van der Waals surface area contributed by atoms with Crippen molar-refractivity contribution in [2.45, 2.75) is 31.7 Å². The number of hydrogen-bond donors (Lipinski definition) is 1. The van der Waals surface area contributed by atoms with Gasteiger partial charge in [0.25, 0.3) is 8.32 Å². The van der Waals surface area contributed by atoms with Gasteiger partial charge in [0.1, 0.15) is 5.82 Å². The SMILES string of the molecule is C[N+]1(CCC[Si](O)(c2ccccc2)c2ccc(F)cc2)CCCCC1. The van der Waals surface area contributed by atoms with Gasteiger partial charge in [0.2, 0.25) is 0 Å². The van der Waals surface area contributed by atoms with Gasteiger partial charge in [-0.25, -0.2) is 4.39 Å². The van der Waals surface area contributed by atoms with Crippen LogP contribution >= 0.6 is 0 Å². The highest BCUT2D eigenvalue weighted by Gasteiger charge is 2.36. The molecule has 134 valence electrons. The first-order valence-electron chi connectivity index (χ1n) is 9.39. The van der Waals surface area contributed by atoms with E-state index < -0.39 is 8.32 Å². The van der Waals surface area contributed by atoms with Gasteiger partial charge in [-0.2, -0.15) is 0 Å². The molecule has 0 radical (unpaired) electrons. The zero-order valence-electron chi connectivity index (χ0n) is 15.1. The molecule has 1 N–H and O–H groups in total. The number of benzene rings is 2. The van der Waals surface area contributed by atoms with Crippen LogP contribution in [0.1, 0.15) is 25.7 Å². The fourth-order valence-electron chi connectivity index (χ4n) is 4.11. The summed E-state index contributed by atoms with van der Waals surface area (Å²) in [6.07, 6.45) is 4.99. The molecule has 1 aliphatic heterocycles. The van der Waals surface area contributed by atoms with Crippen molar-refractivity contribution in [2.75, 3.05) is 26.7 Å². The molecule has 1 fully saturated rings. The molecule has 0 aromatic heterocycles. The molecule has 2 nitrogen and oxygen atoms in total. The van der Waals surface area contributed by atoms with Crippen molar-refractivity contribution in [3.63, 3.8) is 0 Å². The van der Waals surface area contributed by atoms with Gasteiger partial charge in [0, 0.05) is 0 Å². The number of halogens is 1. The predicted molar refractivity (Wildman–Crippen MR) is 104 cm³/mol. The van der Waals surface area contributed by atoms with Crippen LogP contribution in [0.3, 0.4) is 0 Å². The molecule has 0 bridgehead atoms. The van der Waals surface area contributed by atoms with E-state index >= 15 is 0 Å². The Morgan fingerprint density at radius 1 is 0.920 bits per heavy atom. The van der Waals surface area contributed by atoms with E-state index in [1.165, 1.54) is 44.5 Å². The van der Waals surface area contributed by atoms with Gasteiger partial charge in [-0.05, 0) is 54.2 Å². The maximum atomic E-state index is 13.4. The molecule has 2 aromatic carbocycles. The van der Waals surface area contributed by atoms with Crippen LogP contribution in [0.4, 0.5) is 4.39 Å². The maximum Gasteiger partial charge on any atom is 0.252 e. The fraction of sp³-hybridized carbons (Fsp3) is 0.429. The molecule has 3 rings (SSSR count). The molecule has 1 aliphatic rings. The number of nitrogens with zero attached hydrogens (tertiary/aromatic N) is 1. The van der Waals surface area contributed by atoms with Crippen molar-refractivity contribution in [3.05, 3.63) is 60.4 Å². The van der Waals surface area contributed by atoms with Gasteiger partial charge in [0.05, 0.1) is 26.7 Å². The average Bonchev–Trinajstić information content (AvgIpc) is 2.63. The number of likely N-dealkylation sites (tertiary alicyclic amines) is 1. The van der Waals surface area contributed by atoms with Crippen LogP contribution in [-0.2, 0) is 0 Å². The smallest absolute Gasteiger partial charge is 0.252 e. The molecule has 0 spiro atoms. The van der Waals surface area contributed by atoms with Crippen LogP contribution in [-0.4, -0.2) is 44.3 Å². The third kappa shape index (κ3) is 4.38. The van der Waals surface area contributed by atoms with Gasteiger partial charge >= 0.3 is 0 Å². The third-order valence-corrected chi connectivity index (χ3v) is 9.36. The first-order valence-corrected chi connectivity index (χ1v) is 11.5. The van der Waals surface area contributed by atoms with Crippen molar-refractivity contribution < 1.29 is 13.7 Å². The average molecular weight is 359 g/mol. The number of hydrogen-bond acceptors (Lipinski definition) is 1. The molecule has 0 saturated carbocycles. The molecular formula is C21H29FNOSi+. The summed E-state index contributed by atoms with van der Waals surface area (Å²) in [6.45, 7) is 3.62. The first-order chi connectivity index (χ1) is 12.0. The van der Waals surface area contributed by atoms with E-state index in [1.807, 2.05) is 30.3 Å². The molecule has 0 aliphatic carbocycles. The lowest BCUT2D eigenvalue weighted by molar-refractivity contribution is -0.914. The molecule has 1 unspecified atom stereocenters. The second-order valence-electron chi connectivity index (χ2n) is 7.69. The van der Waals surface area contributed by atoms with Crippen molar-refractivity contribution >= 4 is 18.7 Å². The van der Waals surface area contributed by atoms with Crippen LogP contribution in [0, 0.1) is 5.82 Å². The summed E-state index contributed by atoms with van der Waals surface area (Å²) in [4.78, 5) is 11.7. The molecule has 1 heterocycles. The molecule has 4 heteroatoms. The van der Waals surface area contributed by atoms with Crippen LogP contribution in [0.5, 0.6) is 0 Å². The van der Waals surface area contributed by atoms with E-state index in [0.717, 1.165) is 33.9 Å². The van der Waals surface area contributed by atoms with E-state index in [-0.39, 0.29) is 5.82 Å². The number of piperidine rings is 1. The second kappa shape index (κ2) is 7.81. The Kier molecular flexibility index (Phi) is 5.72. The quantitative estimate of drug-likeness (QED) is 0.622. The van der Waals surface area contributed by atoms with Gasteiger partial charge in [-0.15, -0.1) is 0 Å². The van der Waals surface area contributed by atoms with Crippen molar-refractivity contribution in [3.8, 4) is 0 Å². The minimum absolute atomic E-state index is 0.250. The normalized spacial score (nSPS) is 19.3. The summed E-state index contributed by atoms with van der Waals surface area (Å²) < 4.78 is 14.5. The van der Waals surface area contributed by atoms with E-state index in [4.69, 9.17) is 0 Å². The summed E-state index contributed by atoms with van der Waals surface area (Å²) in [5.74, 6) is -0.250. The van der Waals surface area contributed by atoms with E-state index in [0.29, 0.717) is 0 Å². The Morgan fingerprint density at radius 3 is 2.16 bits per heavy atom. The lowest BCUT2D eigenvalue weighted by Gasteiger charge is -2.38. The second-order valence-corrected chi connectivity index (χ2v) is 11.1. The number of rotatable bonds is 6. The maximum absolute atomic E-state index is 13.4. The highest BCUT2D eigenvalue weighted by atomic mass is 28.4. The van der Waals surface area contributed by atoms with Crippen molar-refractivity contribution in [2.24, 2.45) is 0 Å². The third-order valence-electron chi connectivity index (χ3n) is 5.71. The Bertz CT molecular complexity index is 670. The first kappa shape index (κ1) is 18.3. The largest absolute Gasteiger partial charge is 0.424 e. The standard InChI is InChI=1S/C21H29FNOSi/c1-23(15-6-3-7-16-23)17-8-18-25(24,20-9-4-2-5-10-20)21-13-11-19(22)12-14-21/h2,4-5,9-14,24H,3,6-8,15-18H2,1H3/q+1. The van der Waals surface area contributed by atoms with E-state index in [1.54, 1.807) is 12.1 Å². The molecule has 25 heavy (non-hydrogen) atoms. The van der Waals surface area contributed by atoms with Crippen molar-refractivity contribution in [1.29, 1.82) is 0 Å². The molecule has 1 atom stereocenters. The monoisotopic (exact) mass is 358 g/mol. The molecule has 2 aromatic rings. The summed E-state index contributed by atoms with van der Waals surface area (Å²) in [6, 6.07) is 17.2. The summed E-state index contributed by atoms with van der Waals surface area (Å²) in [5.41, 5.74) is 0. The lowest BCUT2D eigenvalue weighted by Crippen LogP contribution is -2.59. The fourth-order valence-corrected chi connectivity index (χ4v) is 7.15. The lowest BCUT2D eigenvalue weighted by atomic mass is 10.1. The van der Waals surface area contributed by atoms with E-state index in [2.05, 4.69) is 7.05 Å². The highest BCUT2D eigenvalue weighted by Crippen LogP contribution is 2.19. The Labute approximate surface area is 151 Å². The molecule has 1 saturated heterocycles. The van der Waals surface area contributed by atoms with Gasteiger partial charge < -0.3 is 9.28 Å². The summed E-state index contributed by atoms with van der Waals surface area (Å²) >= 11 is 0. The van der Waals surface area contributed by atoms with Crippen molar-refractivity contribution in [1.82, 2.24) is 0 Å². The van der Waals surface area contributed by atoms with Crippen LogP contribution < -0.4 is 10.4 Å². The Hall–Kier alpha value is -1.49. The minimum atomic E-state index is -2.82. The minimum Gasteiger partial charge on any atom is -0.424 e. The summed E-state index contributed by atoms with van der Waals surface area (Å²) in [5, 5.41) is 1.92. The van der Waals surface area contributed by atoms with Gasteiger partial charge in [-0.3, -0.25) is 0 Å². The van der Waals surface area contributed by atoms with E-state index in [9.17, 15) is 9.19 Å².